The lowest BCUT2D eigenvalue weighted by molar-refractivity contribution is 0.0930. The minimum absolute atomic E-state index is 0.0784. The number of carbonyl (C=O) groups excluding carboxylic acids is 2. The van der Waals surface area contributed by atoms with Gasteiger partial charge in [-0.1, -0.05) is 170 Å². The number of carbonyl (C=O) groups is 2. The number of hydrogen-bond acceptors (Lipinski definition) is 5. The molecule has 2 amide bonds. The molecule has 2 atom stereocenters. The fourth-order valence-electron chi connectivity index (χ4n) is 10.1. The van der Waals surface area contributed by atoms with E-state index in [1.165, 1.54) is 11.7 Å². The molecule has 7 heteroatoms. The summed E-state index contributed by atoms with van der Waals surface area (Å²) in [5.74, 6) is -0.157. The molecule has 0 spiro atoms. The van der Waals surface area contributed by atoms with Gasteiger partial charge in [0, 0.05) is 22.3 Å². The molecule has 0 fully saturated rings. The second-order valence-corrected chi connectivity index (χ2v) is 18.3. The topological polar surface area (TPSA) is 84.0 Å². The third kappa shape index (κ3) is 8.06. The Morgan fingerprint density at radius 1 is 0.418 bits per heavy atom. The zero-order chi connectivity index (χ0) is 46.3. The number of nitrogens with one attached hydrogen (secondary N) is 2. The maximum atomic E-state index is 13.8. The molecular formula is C60H50N4O2S. The fraction of sp³-hybridized carbons (Fsp3) is 0.133. The predicted molar refractivity (Wildman–Crippen MR) is 278 cm³/mol. The van der Waals surface area contributed by atoms with Crippen LogP contribution in [0.5, 0.6) is 0 Å². The molecule has 0 saturated carbocycles. The molecule has 0 radical (unpaired) electrons. The molecular weight excluding hydrogens is 841 g/mol. The minimum Gasteiger partial charge on any atom is -0.346 e. The average molecular weight is 891 g/mol. The van der Waals surface area contributed by atoms with Gasteiger partial charge in [0.05, 0.1) is 23.8 Å². The highest BCUT2D eigenvalue weighted by atomic mass is 32.1. The van der Waals surface area contributed by atoms with Crippen molar-refractivity contribution in [3.05, 3.63) is 214 Å². The maximum absolute atomic E-state index is 13.8. The Hall–Kier alpha value is -7.74. The summed E-state index contributed by atoms with van der Waals surface area (Å²) in [5.41, 5.74) is 17.3. The van der Waals surface area contributed by atoms with Gasteiger partial charge in [0.2, 0.25) is 0 Å². The highest BCUT2D eigenvalue weighted by Crippen LogP contribution is 2.44. The molecule has 9 aromatic carbocycles. The van der Waals surface area contributed by atoms with E-state index in [0.717, 1.165) is 110 Å². The Balaban J connectivity index is 1.03. The van der Waals surface area contributed by atoms with Gasteiger partial charge in [0.25, 0.3) is 11.8 Å². The summed E-state index contributed by atoms with van der Waals surface area (Å²) >= 11 is 1.23. The highest BCUT2D eigenvalue weighted by Gasteiger charge is 2.23. The summed E-state index contributed by atoms with van der Waals surface area (Å²) < 4.78 is 9.99. The van der Waals surface area contributed by atoms with E-state index < -0.39 is 0 Å². The summed E-state index contributed by atoms with van der Waals surface area (Å²) in [4.78, 5) is 27.5. The first kappa shape index (κ1) is 43.2. The Bertz CT molecular complexity index is 3250. The third-order valence-electron chi connectivity index (χ3n) is 13.2. The van der Waals surface area contributed by atoms with Gasteiger partial charge in [-0.05, 0) is 130 Å². The standard InChI is InChI=1S/C60H50N4O2S/c1-35-31-45(32-36(2)53(35)59(65)61-39(5)41-17-9-7-10-18-41)47-25-13-21-43-23-15-27-49(55(43)47)51-29-30-52(58-57(51)63-67-64-58)50-28-16-24-44-22-14-26-48(56(44)50)46-33-37(3)54(38(4)34-46)60(66)62-40(6)42-19-11-8-12-20-42/h7-34,39-40H,1-6H3,(H,61,65)(H,62,66)/t39-,40-/m1/s1. The SMILES string of the molecule is Cc1cc(-c2cccc3cccc(-c4ccc(-c5cccc6cccc(-c7cc(C)c(C(=O)N[C@H](C)c8ccccc8)c(C)c7)c56)c5nsnc45)c23)cc(C)c1C(=O)N[C@H](C)c1ccccc1. The Kier molecular flexibility index (Phi) is 11.5. The molecule has 0 aliphatic heterocycles. The van der Waals surface area contributed by atoms with Gasteiger partial charge in [-0.2, -0.15) is 8.75 Å². The quantitative estimate of drug-likeness (QED) is 0.143. The maximum Gasteiger partial charge on any atom is 0.252 e. The van der Waals surface area contributed by atoms with Crippen molar-refractivity contribution in [3.8, 4) is 44.5 Å². The Morgan fingerprint density at radius 2 is 0.761 bits per heavy atom. The number of amides is 2. The molecule has 0 unspecified atom stereocenters. The number of nitrogens with zero attached hydrogens (tertiary/aromatic N) is 2. The van der Waals surface area contributed by atoms with Crippen molar-refractivity contribution in [2.45, 2.75) is 53.6 Å². The molecule has 0 aliphatic carbocycles. The van der Waals surface area contributed by atoms with Gasteiger partial charge in [-0.3, -0.25) is 9.59 Å². The fourth-order valence-corrected chi connectivity index (χ4v) is 10.6. The van der Waals surface area contributed by atoms with E-state index in [2.05, 4.69) is 120 Å². The second kappa shape index (κ2) is 17.9. The molecule has 10 aromatic rings. The van der Waals surface area contributed by atoms with Gasteiger partial charge in [-0.15, -0.1) is 0 Å². The van der Waals surface area contributed by atoms with Gasteiger partial charge in [-0.25, -0.2) is 0 Å². The van der Waals surface area contributed by atoms with Crippen LogP contribution in [-0.4, -0.2) is 20.6 Å². The molecule has 1 aromatic heterocycles. The first-order valence-electron chi connectivity index (χ1n) is 22.8. The molecule has 0 saturated heterocycles. The summed E-state index contributed by atoms with van der Waals surface area (Å²) in [6.07, 6.45) is 0. The van der Waals surface area contributed by atoms with Crippen molar-refractivity contribution in [2.24, 2.45) is 0 Å². The number of benzene rings is 9. The highest BCUT2D eigenvalue weighted by molar-refractivity contribution is 7.00. The number of rotatable bonds is 10. The van der Waals surface area contributed by atoms with Crippen molar-refractivity contribution in [1.29, 1.82) is 0 Å². The molecule has 67 heavy (non-hydrogen) atoms. The number of aryl methyl sites for hydroxylation is 4. The Labute approximate surface area is 395 Å². The zero-order valence-electron chi connectivity index (χ0n) is 38.4. The summed E-state index contributed by atoms with van der Waals surface area (Å²) in [6, 6.07) is 58.6. The number of fused-ring (bicyclic) bond motifs is 3. The van der Waals surface area contributed by atoms with Gasteiger partial charge in [0.15, 0.2) is 0 Å². The van der Waals surface area contributed by atoms with E-state index in [4.69, 9.17) is 8.75 Å². The van der Waals surface area contributed by atoms with E-state index in [1.807, 2.05) is 102 Å². The second-order valence-electron chi connectivity index (χ2n) is 17.7. The van der Waals surface area contributed by atoms with Crippen molar-refractivity contribution in [2.75, 3.05) is 0 Å². The van der Waals surface area contributed by atoms with Crippen LogP contribution >= 0.6 is 11.7 Å². The van der Waals surface area contributed by atoms with Crippen molar-refractivity contribution < 1.29 is 9.59 Å². The molecule has 328 valence electrons. The first-order valence-corrected chi connectivity index (χ1v) is 23.5. The molecule has 0 bridgehead atoms. The van der Waals surface area contributed by atoms with Gasteiger partial charge in [0.1, 0.15) is 11.0 Å². The van der Waals surface area contributed by atoms with Crippen LogP contribution in [0.2, 0.25) is 0 Å². The molecule has 1 heterocycles. The third-order valence-corrected chi connectivity index (χ3v) is 13.8. The summed E-state index contributed by atoms with van der Waals surface area (Å²) in [5, 5.41) is 10.9. The van der Waals surface area contributed by atoms with Crippen LogP contribution in [0, 0.1) is 27.7 Å². The molecule has 0 aliphatic rings. The van der Waals surface area contributed by atoms with E-state index in [9.17, 15) is 9.59 Å². The monoisotopic (exact) mass is 890 g/mol. The van der Waals surface area contributed by atoms with Crippen LogP contribution in [0.15, 0.2) is 170 Å². The van der Waals surface area contributed by atoms with E-state index in [0.29, 0.717) is 11.1 Å². The minimum atomic E-state index is -0.124. The van der Waals surface area contributed by atoms with Crippen LogP contribution in [0.1, 0.15) is 80.0 Å². The van der Waals surface area contributed by atoms with Crippen LogP contribution in [-0.2, 0) is 0 Å². The molecule has 10 rings (SSSR count). The molecule has 2 N–H and O–H groups in total. The van der Waals surface area contributed by atoms with E-state index in [1.54, 1.807) is 0 Å². The lowest BCUT2D eigenvalue weighted by Gasteiger charge is -2.19. The van der Waals surface area contributed by atoms with Crippen LogP contribution < -0.4 is 10.6 Å². The van der Waals surface area contributed by atoms with E-state index in [-0.39, 0.29) is 23.9 Å². The summed E-state index contributed by atoms with van der Waals surface area (Å²) in [7, 11) is 0. The normalized spacial score (nSPS) is 12.3. The predicted octanol–water partition coefficient (Wildman–Crippen LogP) is 14.9. The first-order chi connectivity index (χ1) is 32.5. The van der Waals surface area contributed by atoms with Crippen molar-refractivity contribution >= 4 is 56.1 Å². The average Bonchev–Trinajstić information content (AvgIpc) is 3.84. The van der Waals surface area contributed by atoms with Gasteiger partial charge < -0.3 is 10.6 Å². The number of aromatic nitrogens is 2. The van der Waals surface area contributed by atoms with Crippen LogP contribution in [0.4, 0.5) is 0 Å². The van der Waals surface area contributed by atoms with Crippen LogP contribution in [0.25, 0.3) is 77.1 Å². The molecule has 6 nitrogen and oxygen atoms in total. The van der Waals surface area contributed by atoms with Crippen molar-refractivity contribution in [3.63, 3.8) is 0 Å². The smallest absolute Gasteiger partial charge is 0.252 e. The largest absolute Gasteiger partial charge is 0.346 e. The van der Waals surface area contributed by atoms with Crippen LogP contribution in [0.3, 0.4) is 0 Å². The van der Waals surface area contributed by atoms with Crippen molar-refractivity contribution in [1.82, 2.24) is 19.4 Å². The van der Waals surface area contributed by atoms with E-state index >= 15 is 0 Å². The lowest BCUT2D eigenvalue weighted by Crippen LogP contribution is -2.28. The van der Waals surface area contributed by atoms with Gasteiger partial charge >= 0.3 is 0 Å². The lowest BCUT2D eigenvalue weighted by atomic mass is 9.87. The number of hydrogen-bond donors (Lipinski definition) is 2. The zero-order valence-corrected chi connectivity index (χ0v) is 39.3. The summed E-state index contributed by atoms with van der Waals surface area (Å²) in [6.45, 7) is 12.1. The Morgan fingerprint density at radius 3 is 1.12 bits per heavy atom.